The predicted molar refractivity (Wildman–Crippen MR) is 122 cm³/mol. The smallest absolute Gasteiger partial charge is 0.335 e. The van der Waals surface area contributed by atoms with Crippen molar-refractivity contribution in [1.82, 2.24) is 5.43 Å². The second-order valence-electron chi connectivity index (χ2n) is 7.05. The largest absolute Gasteiger partial charge is 0.493 e. The van der Waals surface area contributed by atoms with Crippen LogP contribution in [0.1, 0.15) is 32.0 Å². The molecule has 0 atom stereocenters. The highest BCUT2D eigenvalue weighted by molar-refractivity contribution is 5.97. The van der Waals surface area contributed by atoms with Crippen LogP contribution in [0.3, 0.4) is 0 Å². The van der Waals surface area contributed by atoms with Crippen LogP contribution in [0.15, 0.2) is 82.3 Å². The van der Waals surface area contributed by atoms with Gasteiger partial charge in [0.05, 0.1) is 18.9 Å². The minimum absolute atomic E-state index is 0.127. The number of carboxylic acid groups (broad SMARTS) is 1. The summed E-state index contributed by atoms with van der Waals surface area (Å²) in [5.41, 5.74) is 4.66. The maximum Gasteiger partial charge on any atom is 0.335 e. The van der Waals surface area contributed by atoms with E-state index in [1.165, 1.54) is 19.4 Å². The zero-order valence-corrected chi connectivity index (χ0v) is 17.6. The number of nitrogens with zero attached hydrogens (tertiary/aromatic N) is 1. The van der Waals surface area contributed by atoms with Crippen molar-refractivity contribution in [3.63, 3.8) is 0 Å². The number of hydrazone groups is 1. The predicted octanol–water partition coefficient (Wildman–Crippen LogP) is 4.48. The van der Waals surface area contributed by atoms with Gasteiger partial charge < -0.3 is 19.0 Å². The number of hydrogen-bond donors (Lipinski definition) is 2. The standard InChI is InChI=1S/C25H20N2O6/c1-31-21-7-3-5-18-13-22(33-23(18)21)24(28)27-26-14-16-8-10-20(11-9-16)32-15-17-4-2-6-19(12-17)25(29)30/h2-14H,15H2,1H3,(H,27,28)(H,29,30)/b26-14+. The Labute approximate surface area is 189 Å². The number of amides is 1. The van der Waals surface area contributed by atoms with E-state index in [0.29, 0.717) is 17.1 Å². The highest BCUT2D eigenvalue weighted by Gasteiger charge is 2.14. The summed E-state index contributed by atoms with van der Waals surface area (Å²) in [7, 11) is 1.54. The Morgan fingerprint density at radius 1 is 1.06 bits per heavy atom. The normalized spacial score (nSPS) is 10.9. The van der Waals surface area contributed by atoms with E-state index in [1.807, 2.05) is 12.1 Å². The molecule has 0 aliphatic rings. The molecule has 4 aromatic rings. The highest BCUT2D eigenvalue weighted by atomic mass is 16.5. The SMILES string of the molecule is COc1cccc2cc(C(=O)N/N=C/c3ccc(OCc4cccc(C(=O)O)c4)cc3)oc12. The minimum Gasteiger partial charge on any atom is -0.493 e. The van der Waals surface area contributed by atoms with E-state index >= 15 is 0 Å². The van der Waals surface area contributed by atoms with Crippen LogP contribution in [-0.2, 0) is 6.61 Å². The number of carbonyl (C=O) groups is 2. The third kappa shape index (κ3) is 5.19. The molecule has 0 unspecified atom stereocenters. The van der Waals surface area contributed by atoms with Gasteiger partial charge in [-0.25, -0.2) is 10.2 Å². The second kappa shape index (κ2) is 9.69. The van der Waals surface area contributed by atoms with Crippen molar-refractivity contribution in [2.75, 3.05) is 7.11 Å². The molecule has 1 heterocycles. The Bertz CT molecular complexity index is 1320. The van der Waals surface area contributed by atoms with Crippen molar-refractivity contribution >= 4 is 29.1 Å². The molecule has 2 N–H and O–H groups in total. The fourth-order valence-electron chi connectivity index (χ4n) is 3.14. The number of carbonyl (C=O) groups excluding carboxylic acids is 1. The molecule has 1 amide bonds. The second-order valence-corrected chi connectivity index (χ2v) is 7.05. The first-order valence-corrected chi connectivity index (χ1v) is 9.98. The summed E-state index contributed by atoms with van der Waals surface area (Å²) < 4.78 is 16.5. The van der Waals surface area contributed by atoms with E-state index in [9.17, 15) is 9.59 Å². The van der Waals surface area contributed by atoms with Gasteiger partial charge in [-0.3, -0.25) is 4.79 Å². The van der Waals surface area contributed by atoms with Crippen molar-refractivity contribution in [1.29, 1.82) is 0 Å². The Morgan fingerprint density at radius 3 is 2.61 bits per heavy atom. The number of nitrogens with one attached hydrogen (secondary N) is 1. The van der Waals surface area contributed by atoms with Crippen LogP contribution in [0.25, 0.3) is 11.0 Å². The maximum atomic E-state index is 12.3. The molecule has 0 spiro atoms. The number of benzene rings is 3. The molecule has 8 heteroatoms. The van der Waals surface area contributed by atoms with E-state index in [4.69, 9.17) is 19.0 Å². The number of fused-ring (bicyclic) bond motifs is 1. The lowest BCUT2D eigenvalue weighted by Crippen LogP contribution is -2.16. The molecule has 4 rings (SSSR count). The van der Waals surface area contributed by atoms with Gasteiger partial charge in [0.25, 0.3) is 0 Å². The Morgan fingerprint density at radius 2 is 1.85 bits per heavy atom. The number of ether oxygens (including phenoxy) is 2. The Kier molecular flexibility index (Phi) is 6.36. The number of para-hydroxylation sites is 1. The van der Waals surface area contributed by atoms with E-state index in [-0.39, 0.29) is 17.9 Å². The van der Waals surface area contributed by atoms with Gasteiger partial charge in [0.2, 0.25) is 0 Å². The van der Waals surface area contributed by atoms with Gasteiger partial charge in [0.15, 0.2) is 17.1 Å². The van der Waals surface area contributed by atoms with Crippen LogP contribution in [0.5, 0.6) is 11.5 Å². The van der Waals surface area contributed by atoms with Crippen LogP contribution in [-0.4, -0.2) is 30.3 Å². The van der Waals surface area contributed by atoms with Gasteiger partial charge >= 0.3 is 11.9 Å². The molecule has 166 valence electrons. The monoisotopic (exact) mass is 444 g/mol. The number of carboxylic acids is 1. The first kappa shape index (κ1) is 21.6. The number of aromatic carboxylic acids is 1. The summed E-state index contributed by atoms with van der Waals surface area (Å²) in [5, 5.41) is 13.8. The molecule has 0 fully saturated rings. The Balaban J connectivity index is 1.33. The van der Waals surface area contributed by atoms with Gasteiger partial charge in [-0.2, -0.15) is 5.10 Å². The zero-order valence-electron chi connectivity index (χ0n) is 17.6. The summed E-state index contributed by atoms with van der Waals surface area (Å²) in [6.07, 6.45) is 1.50. The first-order chi connectivity index (χ1) is 16.0. The third-order valence-electron chi connectivity index (χ3n) is 4.79. The van der Waals surface area contributed by atoms with Crippen molar-refractivity contribution in [3.8, 4) is 11.5 Å². The minimum atomic E-state index is -0.979. The van der Waals surface area contributed by atoms with Crippen molar-refractivity contribution in [2.45, 2.75) is 6.61 Å². The molecule has 0 aliphatic carbocycles. The summed E-state index contributed by atoms with van der Waals surface area (Å²) in [4.78, 5) is 23.4. The fraction of sp³-hybridized carbons (Fsp3) is 0.0800. The van der Waals surface area contributed by atoms with E-state index in [2.05, 4.69) is 10.5 Å². The number of rotatable bonds is 8. The van der Waals surface area contributed by atoms with Crippen LogP contribution >= 0.6 is 0 Å². The topological polar surface area (TPSA) is 110 Å². The molecule has 3 aromatic carbocycles. The lowest BCUT2D eigenvalue weighted by molar-refractivity contribution is 0.0696. The van der Waals surface area contributed by atoms with Crippen LogP contribution in [0.4, 0.5) is 0 Å². The van der Waals surface area contributed by atoms with Gasteiger partial charge in [-0.15, -0.1) is 0 Å². The fourth-order valence-corrected chi connectivity index (χ4v) is 3.14. The van der Waals surface area contributed by atoms with E-state index in [1.54, 1.807) is 54.6 Å². The van der Waals surface area contributed by atoms with Crippen LogP contribution in [0.2, 0.25) is 0 Å². The molecular weight excluding hydrogens is 424 g/mol. The quantitative estimate of drug-likeness (QED) is 0.306. The number of hydrogen-bond acceptors (Lipinski definition) is 6. The highest BCUT2D eigenvalue weighted by Crippen LogP contribution is 2.28. The Hall–Kier alpha value is -4.59. The molecule has 0 aliphatic heterocycles. The van der Waals surface area contributed by atoms with Gasteiger partial charge in [0.1, 0.15) is 12.4 Å². The van der Waals surface area contributed by atoms with E-state index in [0.717, 1.165) is 16.5 Å². The number of furan rings is 1. The average Bonchev–Trinajstić information content (AvgIpc) is 3.28. The zero-order chi connectivity index (χ0) is 23.2. The van der Waals surface area contributed by atoms with Gasteiger partial charge in [-0.1, -0.05) is 24.3 Å². The summed E-state index contributed by atoms with van der Waals surface area (Å²) >= 11 is 0. The van der Waals surface area contributed by atoms with Crippen molar-refractivity contribution in [2.24, 2.45) is 5.10 Å². The summed E-state index contributed by atoms with van der Waals surface area (Å²) in [6, 6.07) is 20.7. The lowest BCUT2D eigenvalue weighted by atomic mass is 10.1. The van der Waals surface area contributed by atoms with Gasteiger partial charge in [-0.05, 0) is 59.7 Å². The van der Waals surface area contributed by atoms with E-state index < -0.39 is 11.9 Å². The van der Waals surface area contributed by atoms with Crippen LogP contribution in [0, 0.1) is 0 Å². The molecule has 0 bridgehead atoms. The summed E-state index contributed by atoms with van der Waals surface area (Å²) in [5.74, 6) is -0.164. The molecule has 33 heavy (non-hydrogen) atoms. The molecule has 0 saturated heterocycles. The van der Waals surface area contributed by atoms with Crippen molar-refractivity contribution < 1.29 is 28.6 Å². The molecule has 1 aromatic heterocycles. The lowest BCUT2D eigenvalue weighted by Gasteiger charge is -2.07. The third-order valence-corrected chi connectivity index (χ3v) is 4.79. The number of methoxy groups -OCH3 is 1. The molecule has 0 saturated carbocycles. The molecular formula is C25H20N2O6. The summed E-state index contributed by atoms with van der Waals surface area (Å²) in [6.45, 7) is 0.243. The molecule has 8 nitrogen and oxygen atoms in total. The average molecular weight is 444 g/mol. The van der Waals surface area contributed by atoms with Crippen molar-refractivity contribution in [3.05, 3.63) is 95.2 Å². The molecule has 0 radical (unpaired) electrons. The maximum absolute atomic E-state index is 12.3. The first-order valence-electron chi connectivity index (χ1n) is 9.98. The van der Waals surface area contributed by atoms with Crippen LogP contribution < -0.4 is 14.9 Å². The van der Waals surface area contributed by atoms with Gasteiger partial charge in [0, 0.05) is 5.39 Å².